The zero-order chi connectivity index (χ0) is 11.4. The summed E-state index contributed by atoms with van der Waals surface area (Å²) in [5.74, 6) is 0.711. The molecule has 0 aromatic carbocycles. The number of rotatable bonds is 1. The molecule has 3 heterocycles. The molecular weight excluding hydrogens is 212 g/mol. The van der Waals surface area contributed by atoms with Crippen LogP contribution in [0.25, 0.3) is 5.69 Å². The molecule has 4 nitrogen and oxygen atoms in total. The summed E-state index contributed by atoms with van der Waals surface area (Å²) in [6.07, 6.45) is 8.34. The number of imidazole rings is 1. The van der Waals surface area contributed by atoms with Crippen LogP contribution in [0.4, 0.5) is 5.69 Å². The third-order valence-electron chi connectivity index (χ3n) is 3.70. The number of anilines is 1. The molecule has 4 heteroatoms. The van der Waals surface area contributed by atoms with Crippen LogP contribution >= 0.6 is 0 Å². The van der Waals surface area contributed by atoms with Crippen molar-refractivity contribution < 1.29 is 0 Å². The van der Waals surface area contributed by atoms with Gasteiger partial charge >= 0.3 is 0 Å². The number of hydrogen-bond donors (Lipinski definition) is 0. The second-order valence-electron chi connectivity index (χ2n) is 4.94. The number of pyridine rings is 1. The first-order valence-corrected chi connectivity index (χ1v) is 6.06. The van der Waals surface area contributed by atoms with Gasteiger partial charge in [-0.1, -0.05) is 0 Å². The van der Waals surface area contributed by atoms with Crippen molar-refractivity contribution in [3.8, 4) is 5.69 Å². The summed E-state index contributed by atoms with van der Waals surface area (Å²) in [7, 11) is 2.12. The van der Waals surface area contributed by atoms with Gasteiger partial charge in [0.2, 0.25) is 0 Å². The Balaban J connectivity index is 1.94. The van der Waals surface area contributed by atoms with Crippen LogP contribution in [0.2, 0.25) is 0 Å². The Bertz CT molecular complexity index is 583. The first-order valence-electron chi connectivity index (χ1n) is 6.06. The predicted molar refractivity (Wildman–Crippen MR) is 65.4 cm³/mol. The topological polar surface area (TPSA) is 34.0 Å². The van der Waals surface area contributed by atoms with E-state index in [9.17, 15) is 0 Å². The Hall–Kier alpha value is -1.84. The average Bonchev–Trinajstić information content (AvgIpc) is 3.11. The van der Waals surface area contributed by atoms with Gasteiger partial charge in [0.1, 0.15) is 0 Å². The number of fused-ring (bicyclic) bond motifs is 3. The molecule has 1 saturated carbocycles. The van der Waals surface area contributed by atoms with E-state index in [0.29, 0.717) is 5.92 Å². The molecule has 0 amide bonds. The van der Waals surface area contributed by atoms with Crippen molar-refractivity contribution in [3.05, 3.63) is 36.2 Å². The molecule has 0 unspecified atom stereocenters. The highest BCUT2D eigenvalue weighted by atomic mass is 15.2. The normalized spacial score (nSPS) is 17.8. The fraction of sp³-hybridized carbons (Fsp3) is 0.385. The van der Waals surface area contributed by atoms with Crippen LogP contribution in [-0.4, -0.2) is 21.6 Å². The van der Waals surface area contributed by atoms with Gasteiger partial charge in [0, 0.05) is 19.2 Å². The maximum atomic E-state index is 4.61. The van der Waals surface area contributed by atoms with E-state index in [1.54, 1.807) is 0 Å². The first-order chi connectivity index (χ1) is 8.34. The van der Waals surface area contributed by atoms with Gasteiger partial charge in [0.25, 0.3) is 0 Å². The number of hydrogen-bond acceptors (Lipinski definition) is 3. The smallest absolute Gasteiger partial charge is 0.0999 e. The van der Waals surface area contributed by atoms with Crippen molar-refractivity contribution in [3.63, 3.8) is 0 Å². The van der Waals surface area contributed by atoms with Gasteiger partial charge < -0.3 is 4.90 Å². The lowest BCUT2D eigenvalue weighted by Crippen LogP contribution is -2.25. The fourth-order valence-electron chi connectivity index (χ4n) is 2.64. The lowest BCUT2D eigenvalue weighted by atomic mass is 10.1. The second-order valence-corrected chi connectivity index (χ2v) is 4.94. The van der Waals surface area contributed by atoms with Crippen LogP contribution in [-0.2, 0) is 6.54 Å². The molecule has 0 atom stereocenters. The Morgan fingerprint density at radius 2 is 2.18 bits per heavy atom. The van der Waals surface area contributed by atoms with Gasteiger partial charge in [0.15, 0.2) is 0 Å². The van der Waals surface area contributed by atoms with Gasteiger partial charge in [-0.15, -0.1) is 0 Å². The number of nitrogens with zero attached hydrogens (tertiary/aromatic N) is 4. The average molecular weight is 226 g/mol. The SMILES string of the molecule is CN1Cc2c(C3CC3)ncn2-c2ccncc21. The summed E-state index contributed by atoms with van der Waals surface area (Å²) in [6.45, 7) is 0.935. The minimum Gasteiger partial charge on any atom is -0.366 e. The molecule has 1 aliphatic heterocycles. The van der Waals surface area contributed by atoms with E-state index in [4.69, 9.17) is 0 Å². The third kappa shape index (κ3) is 1.24. The standard InChI is InChI=1S/C13H14N4/c1-16-7-12-13(9-2-3-9)15-8-17(12)10-4-5-14-6-11(10)16/h4-6,8-9H,2-3,7H2,1H3. The fourth-order valence-corrected chi connectivity index (χ4v) is 2.64. The minimum absolute atomic E-state index is 0.711. The molecule has 2 aromatic heterocycles. The first kappa shape index (κ1) is 9.22. The third-order valence-corrected chi connectivity index (χ3v) is 3.70. The maximum absolute atomic E-state index is 4.61. The molecule has 2 aliphatic rings. The molecule has 1 fully saturated rings. The second kappa shape index (κ2) is 3.09. The highest BCUT2D eigenvalue weighted by Gasteiger charge is 2.32. The summed E-state index contributed by atoms with van der Waals surface area (Å²) >= 11 is 0. The van der Waals surface area contributed by atoms with Crippen LogP contribution in [0.1, 0.15) is 30.1 Å². The van der Waals surface area contributed by atoms with Crippen LogP contribution in [0.5, 0.6) is 0 Å². The lowest BCUT2D eigenvalue weighted by molar-refractivity contribution is 0.785. The van der Waals surface area contributed by atoms with Gasteiger partial charge in [-0.25, -0.2) is 4.98 Å². The highest BCUT2D eigenvalue weighted by Crippen LogP contribution is 2.43. The Kier molecular flexibility index (Phi) is 1.68. The van der Waals surface area contributed by atoms with Crippen molar-refractivity contribution in [2.45, 2.75) is 25.3 Å². The van der Waals surface area contributed by atoms with E-state index in [1.165, 1.54) is 35.6 Å². The predicted octanol–water partition coefficient (Wildman–Crippen LogP) is 2.09. The molecule has 2 aromatic rings. The van der Waals surface area contributed by atoms with E-state index in [-0.39, 0.29) is 0 Å². The van der Waals surface area contributed by atoms with Gasteiger partial charge in [0.05, 0.1) is 41.8 Å². The largest absolute Gasteiger partial charge is 0.366 e. The van der Waals surface area contributed by atoms with Crippen molar-refractivity contribution in [1.29, 1.82) is 0 Å². The molecule has 86 valence electrons. The molecule has 4 rings (SSSR count). The van der Waals surface area contributed by atoms with Crippen molar-refractivity contribution in [2.24, 2.45) is 0 Å². The lowest BCUT2D eigenvalue weighted by Gasteiger charge is -2.28. The summed E-state index contributed by atoms with van der Waals surface area (Å²) in [6, 6.07) is 2.06. The zero-order valence-corrected chi connectivity index (χ0v) is 9.80. The van der Waals surface area contributed by atoms with Crippen molar-refractivity contribution in [2.75, 3.05) is 11.9 Å². The molecule has 1 aliphatic carbocycles. The van der Waals surface area contributed by atoms with E-state index in [0.717, 1.165) is 6.54 Å². The summed E-state index contributed by atoms with van der Waals surface area (Å²) in [5.41, 5.74) is 5.04. The van der Waals surface area contributed by atoms with Crippen LogP contribution in [0.15, 0.2) is 24.8 Å². The zero-order valence-electron chi connectivity index (χ0n) is 9.80. The van der Waals surface area contributed by atoms with E-state index < -0.39 is 0 Å². The van der Waals surface area contributed by atoms with E-state index in [2.05, 4.69) is 32.5 Å². The van der Waals surface area contributed by atoms with Gasteiger partial charge in [-0.2, -0.15) is 0 Å². The van der Waals surface area contributed by atoms with E-state index in [1.807, 2.05) is 18.7 Å². The Labute approximate surface area is 99.9 Å². The molecule has 0 radical (unpaired) electrons. The quantitative estimate of drug-likeness (QED) is 0.746. The summed E-state index contributed by atoms with van der Waals surface area (Å²) < 4.78 is 2.23. The van der Waals surface area contributed by atoms with E-state index >= 15 is 0 Å². The number of aromatic nitrogens is 3. The Morgan fingerprint density at radius 3 is 3.00 bits per heavy atom. The van der Waals surface area contributed by atoms with Crippen molar-refractivity contribution in [1.82, 2.24) is 14.5 Å². The van der Waals surface area contributed by atoms with Crippen LogP contribution < -0.4 is 4.90 Å². The summed E-state index contributed by atoms with van der Waals surface area (Å²) in [4.78, 5) is 11.1. The molecular formula is C13H14N4. The Morgan fingerprint density at radius 1 is 1.29 bits per heavy atom. The van der Waals surface area contributed by atoms with Crippen LogP contribution in [0.3, 0.4) is 0 Å². The van der Waals surface area contributed by atoms with Crippen LogP contribution in [0, 0.1) is 0 Å². The summed E-state index contributed by atoms with van der Waals surface area (Å²) in [5, 5.41) is 0. The molecule has 0 N–H and O–H groups in total. The monoisotopic (exact) mass is 226 g/mol. The highest BCUT2D eigenvalue weighted by molar-refractivity contribution is 5.64. The molecule has 17 heavy (non-hydrogen) atoms. The van der Waals surface area contributed by atoms with Gasteiger partial charge in [-0.3, -0.25) is 9.55 Å². The van der Waals surface area contributed by atoms with Crippen molar-refractivity contribution >= 4 is 5.69 Å². The van der Waals surface area contributed by atoms with Gasteiger partial charge in [-0.05, 0) is 18.9 Å². The molecule has 0 bridgehead atoms. The minimum atomic E-state index is 0.711. The maximum Gasteiger partial charge on any atom is 0.0999 e. The molecule has 0 spiro atoms. The molecule has 0 saturated heterocycles.